The second-order valence-corrected chi connectivity index (χ2v) is 6.93. The van der Waals surface area contributed by atoms with Crippen LogP contribution in [-0.2, 0) is 10.0 Å². The molecule has 0 heterocycles. The molecule has 1 saturated carbocycles. The van der Waals surface area contributed by atoms with Crippen LogP contribution in [0.2, 0.25) is 0 Å². The predicted molar refractivity (Wildman–Crippen MR) is 64.9 cm³/mol. The van der Waals surface area contributed by atoms with Crippen molar-refractivity contribution in [3.05, 3.63) is 29.8 Å². The van der Waals surface area contributed by atoms with E-state index in [-0.39, 0.29) is 18.6 Å². The first-order chi connectivity index (χ1) is 8.79. The van der Waals surface area contributed by atoms with Crippen molar-refractivity contribution >= 4 is 10.0 Å². The van der Waals surface area contributed by atoms with Crippen LogP contribution in [0.3, 0.4) is 0 Å². The number of aliphatic hydroxyl groups excluding tert-OH is 1. The Bertz CT molecular complexity index is 550. The topological polar surface area (TPSA) is 57.6 Å². The maximum absolute atomic E-state index is 13.1. The number of hydrogen-bond acceptors (Lipinski definition) is 3. The average molecular weight is 291 g/mol. The average Bonchev–Trinajstić information content (AvgIpc) is 2.25. The van der Waals surface area contributed by atoms with Gasteiger partial charge in [-0.1, -0.05) is 0 Å². The van der Waals surface area contributed by atoms with Crippen molar-refractivity contribution in [1.82, 2.24) is 4.31 Å². The van der Waals surface area contributed by atoms with E-state index in [4.69, 9.17) is 5.11 Å². The molecule has 0 bridgehead atoms. The smallest absolute Gasteiger partial charge is 0.243 e. The van der Waals surface area contributed by atoms with E-state index in [0.29, 0.717) is 18.9 Å². The first-order valence-corrected chi connectivity index (χ1v) is 7.33. The number of nitrogens with zero attached hydrogens (tertiary/aromatic N) is 1. The molecule has 0 aromatic heterocycles. The van der Waals surface area contributed by atoms with Crippen LogP contribution in [-0.4, -0.2) is 37.5 Å². The fourth-order valence-corrected chi connectivity index (χ4v) is 3.46. The summed E-state index contributed by atoms with van der Waals surface area (Å²) in [5, 5.41) is 9.16. The summed E-state index contributed by atoms with van der Waals surface area (Å²) in [5.41, 5.74) is 0. The van der Waals surface area contributed by atoms with Crippen molar-refractivity contribution in [3.8, 4) is 0 Å². The molecule has 1 fully saturated rings. The molecule has 0 radical (unpaired) electrons. The summed E-state index contributed by atoms with van der Waals surface area (Å²) in [6.45, 7) is 0.234. The summed E-state index contributed by atoms with van der Waals surface area (Å²) >= 11 is 0. The fraction of sp³-hybridized carbons (Fsp3) is 0.500. The molecule has 106 valence electrons. The highest BCUT2D eigenvalue weighted by molar-refractivity contribution is 7.89. The molecule has 0 atom stereocenters. The Kier molecular flexibility index (Phi) is 3.89. The summed E-state index contributed by atoms with van der Waals surface area (Å²) in [4.78, 5) is -0.396. The molecule has 0 unspecified atom stereocenters. The summed E-state index contributed by atoms with van der Waals surface area (Å²) in [6, 6.07) is 2.22. The quantitative estimate of drug-likeness (QED) is 0.911. The maximum Gasteiger partial charge on any atom is 0.243 e. The van der Waals surface area contributed by atoms with Crippen molar-refractivity contribution in [2.45, 2.75) is 23.8 Å². The summed E-state index contributed by atoms with van der Waals surface area (Å²) in [7, 11) is -2.54. The van der Waals surface area contributed by atoms with Crippen LogP contribution in [0, 0.1) is 17.6 Å². The fourth-order valence-electron chi connectivity index (χ4n) is 2.17. The van der Waals surface area contributed by atoms with Crippen LogP contribution in [0.4, 0.5) is 8.78 Å². The molecule has 0 amide bonds. The molecule has 1 N–H and O–H groups in total. The number of hydrogen-bond donors (Lipinski definition) is 1. The van der Waals surface area contributed by atoms with E-state index in [1.807, 2.05) is 0 Å². The Morgan fingerprint density at radius 3 is 2.26 bits per heavy atom. The van der Waals surface area contributed by atoms with Crippen molar-refractivity contribution < 1.29 is 22.3 Å². The second kappa shape index (κ2) is 5.15. The Balaban J connectivity index is 2.16. The SMILES string of the molecule is CN(CC1CC(O)C1)S(=O)(=O)c1cc(F)cc(F)c1. The van der Waals surface area contributed by atoms with Crippen LogP contribution < -0.4 is 0 Å². The Hall–Kier alpha value is -1.05. The lowest BCUT2D eigenvalue weighted by molar-refractivity contribution is 0.0367. The van der Waals surface area contributed by atoms with E-state index >= 15 is 0 Å². The lowest BCUT2D eigenvalue weighted by Gasteiger charge is -2.34. The molecular formula is C12H15F2NO3S. The molecule has 0 spiro atoms. The van der Waals surface area contributed by atoms with Gasteiger partial charge in [0.05, 0.1) is 11.0 Å². The van der Waals surface area contributed by atoms with E-state index in [2.05, 4.69) is 0 Å². The minimum Gasteiger partial charge on any atom is -0.393 e. The number of halogens is 2. The monoisotopic (exact) mass is 291 g/mol. The van der Waals surface area contributed by atoms with Gasteiger partial charge in [0.2, 0.25) is 10.0 Å². The maximum atomic E-state index is 13.1. The minimum absolute atomic E-state index is 0.0909. The third-order valence-electron chi connectivity index (χ3n) is 3.27. The second-order valence-electron chi connectivity index (χ2n) is 4.88. The van der Waals surface area contributed by atoms with Crippen molar-refractivity contribution in [2.75, 3.05) is 13.6 Å². The summed E-state index contributed by atoms with van der Waals surface area (Å²) < 4.78 is 51.4. The van der Waals surface area contributed by atoms with Gasteiger partial charge in [0.1, 0.15) is 11.6 Å². The van der Waals surface area contributed by atoms with Gasteiger partial charge in [-0.3, -0.25) is 0 Å². The van der Waals surface area contributed by atoms with E-state index in [9.17, 15) is 17.2 Å². The van der Waals surface area contributed by atoms with Crippen molar-refractivity contribution in [3.63, 3.8) is 0 Å². The highest BCUT2D eigenvalue weighted by atomic mass is 32.2. The summed E-state index contributed by atoms with van der Waals surface area (Å²) in [5.74, 6) is -1.76. The van der Waals surface area contributed by atoms with Gasteiger partial charge in [-0.2, -0.15) is 0 Å². The first-order valence-electron chi connectivity index (χ1n) is 5.89. The zero-order valence-corrected chi connectivity index (χ0v) is 11.2. The number of rotatable bonds is 4. The molecule has 19 heavy (non-hydrogen) atoms. The minimum atomic E-state index is -3.90. The van der Waals surface area contributed by atoms with Crippen LogP contribution >= 0.6 is 0 Å². The molecule has 0 aliphatic heterocycles. The third kappa shape index (κ3) is 3.10. The van der Waals surface area contributed by atoms with Gasteiger partial charge in [-0.15, -0.1) is 0 Å². The normalized spacial score (nSPS) is 23.4. The third-order valence-corrected chi connectivity index (χ3v) is 5.07. The van der Waals surface area contributed by atoms with E-state index in [1.54, 1.807) is 0 Å². The highest BCUT2D eigenvalue weighted by Crippen LogP contribution is 2.29. The van der Waals surface area contributed by atoms with Gasteiger partial charge < -0.3 is 5.11 Å². The molecule has 0 saturated heterocycles. The molecule has 1 aromatic carbocycles. The lowest BCUT2D eigenvalue weighted by atomic mass is 9.82. The highest BCUT2D eigenvalue weighted by Gasteiger charge is 2.32. The molecular weight excluding hydrogens is 276 g/mol. The predicted octanol–water partition coefficient (Wildman–Crippen LogP) is 1.36. The van der Waals surface area contributed by atoms with E-state index in [1.165, 1.54) is 7.05 Å². The van der Waals surface area contributed by atoms with Gasteiger partial charge in [-0.05, 0) is 30.9 Å². The van der Waals surface area contributed by atoms with Crippen LogP contribution in [0.5, 0.6) is 0 Å². The Labute approximate surface area is 110 Å². The molecule has 4 nitrogen and oxygen atoms in total. The Morgan fingerprint density at radius 1 is 1.26 bits per heavy atom. The number of benzene rings is 1. The van der Waals surface area contributed by atoms with Crippen molar-refractivity contribution in [2.24, 2.45) is 5.92 Å². The molecule has 1 aliphatic carbocycles. The standard InChI is InChI=1S/C12H15F2NO3S/c1-15(7-8-2-11(16)3-8)19(17,18)12-5-9(13)4-10(14)6-12/h4-6,8,11,16H,2-3,7H2,1H3. The summed E-state index contributed by atoms with van der Waals surface area (Å²) in [6.07, 6.45) is 0.738. The molecule has 2 rings (SSSR count). The van der Waals surface area contributed by atoms with Gasteiger partial charge in [0.15, 0.2) is 0 Å². The van der Waals surface area contributed by atoms with Gasteiger partial charge in [-0.25, -0.2) is 21.5 Å². The first kappa shape index (κ1) is 14.4. The van der Waals surface area contributed by atoms with Gasteiger partial charge in [0.25, 0.3) is 0 Å². The van der Waals surface area contributed by atoms with Gasteiger partial charge in [0, 0.05) is 19.7 Å². The lowest BCUT2D eigenvalue weighted by Crippen LogP contribution is -2.39. The van der Waals surface area contributed by atoms with Crippen molar-refractivity contribution in [1.29, 1.82) is 0 Å². The zero-order valence-electron chi connectivity index (χ0n) is 10.4. The zero-order chi connectivity index (χ0) is 14.2. The van der Waals surface area contributed by atoms with Crippen LogP contribution in [0.15, 0.2) is 23.1 Å². The molecule has 1 aliphatic rings. The van der Waals surface area contributed by atoms with Crippen LogP contribution in [0.25, 0.3) is 0 Å². The van der Waals surface area contributed by atoms with Crippen LogP contribution in [0.1, 0.15) is 12.8 Å². The van der Waals surface area contributed by atoms with E-state index < -0.39 is 26.6 Å². The molecule has 7 heteroatoms. The number of aliphatic hydroxyl groups is 1. The Morgan fingerprint density at radius 2 is 1.79 bits per heavy atom. The van der Waals surface area contributed by atoms with Gasteiger partial charge >= 0.3 is 0 Å². The van der Waals surface area contributed by atoms with E-state index in [0.717, 1.165) is 16.4 Å². The largest absolute Gasteiger partial charge is 0.393 e. The molecule has 1 aromatic rings. The number of sulfonamides is 1.